The van der Waals surface area contributed by atoms with Crippen LogP contribution >= 0.6 is 0 Å². The highest BCUT2D eigenvalue weighted by Crippen LogP contribution is 2.04. The van der Waals surface area contributed by atoms with Gasteiger partial charge in [-0.15, -0.1) is 0 Å². The zero-order valence-corrected chi connectivity index (χ0v) is 6.13. The van der Waals surface area contributed by atoms with Crippen molar-refractivity contribution in [2.45, 2.75) is 13.8 Å². The summed E-state index contributed by atoms with van der Waals surface area (Å²) in [5, 5.41) is 11.9. The van der Waals surface area contributed by atoms with E-state index < -0.39 is 0 Å². The molecule has 0 bridgehead atoms. The van der Waals surface area contributed by atoms with Crippen LogP contribution in [0.2, 0.25) is 0 Å². The van der Waals surface area contributed by atoms with Gasteiger partial charge in [0.2, 0.25) is 5.88 Å². The first-order valence-electron chi connectivity index (χ1n) is 3.27. The molecule has 0 unspecified atom stereocenters. The van der Waals surface area contributed by atoms with Gasteiger partial charge in [0.25, 0.3) is 0 Å². The first-order chi connectivity index (χ1) is 4.70. The Morgan fingerprint density at radius 1 is 1.60 bits per heavy atom. The van der Waals surface area contributed by atoms with Crippen LogP contribution in [0.1, 0.15) is 13.8 Å². The largest absolute Gasteiger partial charge is 0.493 e. The van der Waals surface area contributed by atoms with E-state index in [1.54, 1.807) is 6.54 Å². The second kappa shape index (κ2) is 2.73. The normalized spacial score (nSPS) is 17.9. The second-order valence-corrected chi connectivity index (χ2v) is 2.49. The molecule has 1 rings (SSSR count). The Bertz CT molecular complexity index is 182. The van der Waals surface area contributed by atoms with Gasteiger partial charge in [-0.3, -0.25) is 0 Å². The average Bonchev–Trinajstić information content (AvgIpc) is 1.88. The van der Waals surface area contributed by atoms with Crippen molar-refractivity contribution in [3.05, 3.63) is 18.5 Å². The Kier molecular flexibility index (Phi) is 1.94. The molecule has 0 amide bonds. The maximum atomic E-state index is 8.93. The van der Waals surface area contributed by atoms with Gasteiger partial charge in [0.15, 0.2) is 0 Å². The molecule has 1 aliphatic heterocycles. The van der Waals surface area contributed by atoms with E-state index in [9.17, 15) is 0 Å². The van der Waals surface area contributed by atoms with E-state index in [-0.39, 0.29) is 5.88 Å². The lowest BCUT2D eigenvalue weighted by atomic mass is 10.2. The van der Waals surface area contributed by atoms with E-state index in [4.69, 9.17) is 5.11 Å². The number of nitrogens with zero attached hydrogens (tertiary/aromatic N) is 1. The molecule has 0 saturated heterocycles. The van der Waals surface area contributed by atoms with E-state index in [2.05, 4.69) is 10.3 Å². The number of aliphatic hydroxyl groups is 1. The van der Waals surface area contributed by atoms with Gasteiger partial charge in [0.05, 0.1) is 6.54 Å². The fourth-order valence-corrected chi connectivity index (χ4v) is 0.690. The minimum absolute atomic E-state index is 0.0717. The van der Waals surface area contributed by atoms with Crippen LogP contribution < -0.4 is 5.32 Å². The molecule has 0 aromatic heterocycles. The molecule has 2 N–H and O–H groups in total. The number of aliphatic imine (C=N–C) groups is 1. The van der Waals surface area contributed by atoms with Crippen LogP contribution in [-0.2, 0) is 0 Å². The fourth-order valence-electron chi connectivity index (χ4n) is 0.690. The smallest absolute Gasteiger partial charge is 0.210 e. The van der Waals surface area contributed by atoms with Gasteiger partial charge in [-0.2, -0.15) is 0 Å². The minimum atomic E-state index is 0.0717. The molecule has 3 heteroatoms. The SMILES string of the molecule is CC(C)C1=NC(O)=C[CH]N1. The molecular formula is C7H11N2O. The molecule has 0 aromatic carbocycles. The third-order valence-corrected chi connectivity index (χ3v) is 1.25. The van der Waals surface area contributed by atoms with Gasteiger partial charge >= 0.3 is 0 Å². The first-order valence-corrected chi connectivity index (χ1v) is 3.27. The van der Waals surface area contributed by atoms with Crippen LogP contribution in [0.25, 0.3) is 0 Å². The predicted molar refractivity (Wildman–Crippen MR) is 40.4 cm³/mol. The zero-order valence-electron chi connectivity index (χ0n) is 6.13. The summed E-state index contributed by atoms with van der Waals surface area (Å²) in [6.45, 7) is 5.70. The van der Waals surface area contributed by atoms with Gasteiger partial charge < -0.3 is 10.4 Å². The molecule has 0 atom stereocenters. The van der Waals surface area contributed by atoms with Crippen LogP contribution in [0.3, 0.4) is 0 Å². The molecule has 10 heavy (non-hydrogen) atoms. The maximum Gasteiger partial charge on any atom is 0.210 e. The van der Waals surface area contributed by atoms with Crippen LogP contribution in [0.15, 0.2) is 17.0 Å². The second-order valence-electron chi connectivity index (χ2n) is 2.49. The van der Waals surface area contributed by atoms with E-state index in [1.165, 1.54) is 6.08 Å². The summed E-state index contributed by atoms with van der Waals surface area (Å²) in [6, 6.07) is 0. The highest BCUT2D eigenvalue weighted by atomic mass is 16.3. The lowest BCUT2D eigenvalue weighted by Crippen LogP contribution is -2.27. The van der Waals surface area contributed by atoms with Gasteiger partial charge in [-0.1, -0.05) is 13.8 Å². The number of hydrogen-bond acceptors (Lipinski definition) is 3. The molecule has 0 fully saturated rings. The van der Waals surface area contributed by atoms with E-state index >= 15 is 0 Å². The molecule has 0 saturated carbocycles. The van der Waals surface area contributed by atoms with Crippen LogP contribution in [0.5, 0.6) is 0 Å². The van der Waals surface area contributed by atoms with Crippen molar-refractivity contribution in [3.8, 4) is 0 Å². The lowest BCUT2D eigenvalue weighted by Gasteiger charge is -2.13. The quantitative estimate of drug-likeness (QED) is 0.573. The third kappa shape index (κ3) is 1.50. The molecule has 55 valence electrons. The molecule has 3 nitrogen and oxygen atoms in total. The van der Waals surface area contributed by atoms with E-state index in [0.29, 0.717) is 5.92 Å². The zero-order chi connectivity index (χ0) is 7.56. The molecule has 1 heterocycles. The third-order valence-electron chi connectivity index (χ3n) is 1.25. The van der Waals surface area contributed by atoms with Crippen molar-refractivity contribution in [1.82, 2.24) is 5.32 Å². The number of nitrogens with one attached hydrogen (secondary N) is 1. The van der Waals surface area contributed by atoms with Gasteiger partial charge in [-0.05, 0) is 0 Å². The van der Waals surface area contributed by atoms with Gasteiger partial charge in [0, 0.05) is 12.0 Å². The minimum Gasteiger partial charge on any atom is -0.493 e. The van der Waals surface area contributed by atoms with Crippen LogP contribution in [0, 0.1) is 12.5 Å². The number of aliphatic hydroxyl groups excluding tert-OH is 1. The Hall–Kier alpha value is -0.990. The lowest BCUT2D eigenvalue weighted by molar-refractivity contribution is 0.402. The standard InChI is InChI=1S/C7H11N2O/c1-5(2)7-8-4-3-6(10)9-7/h3-5,10H,1-2H3,(H,8,9). The Balaban J connectivity index is 2.69. The summed E-state index contributed by atoms with van der Waals surface area (Å²) < 4.78 is 0. The Labute approximate surface area is 60.5 Å². The van der Waals surface area contributed by atoms with Gasteiger partial charge in [0.1, 0.15) is 5.84 Å². The molecule has 0 spiro atoms. The Morgan fingerprint density at radius 2 is 2.30 bits per heavy atom. The molecular weight excluding hydrogens is 128 g/mol. The summed E-state index contributed by atoms with van der Waals surface area (Å²) in [5.74, 6) is 1.20. The van der Waals surface area contributed by atoms with E-state index in [0.717, 1.165) is 5.84 Å². The summed E-state index contributed by atoms with van der Waals surface area (Å²) in [6.07, 6.45) is 1.52. The van der Waals surface area contributed by atoms with Gasteiger partial charge in [-0.25, -0.2) is 4.99 Å². The summed E-state index contributed by atoms with van der Waals surface area (Å²) in [5.41, 5.74) is 0. The maximum absolute atomic E-state index is 8.93. The molecule has 0 aromatic rings. The highest BCUT2D eigenvalue weighted by Gasteiger charge is 2.08. The van der Waals surface area contributed by atoms with Crippen molar-refractivity contribution in [2.24, 2.45) is 10.9 Å². The summed E-state index contributed by atoms with van der Waals surface area (Å²) >= 11 is 0. The molecule has 1 radical (unpaired) electrons. The topological polar surface area (TPSA) is 44.6 Å². The summed E-state index contributed by atoms with van der Waals surface area (Å²) in [7, 11) is 0. The number of hydrogen-bond donors (Lipinski definition) is 2. The van der Waals surface area contributed by atoms with Crippen molar-refractivity contribution in [2.75, 3.05) is 0 Å². The fraction of sp³-hybridized carbons (Fsp3) is 0.429. The Morgan fingerprint density at radius 3 is 2.70 bits per heavy atom. The number of amidine groups is 1. The molecule has 1 aliphatic rings. The van der Waals surface area contributed by atoms with Crippen molar-refractivity contribution in [1.29, 1.82) is 0 Å². The average molecular weight is 139 g/mol. The van der Waals surface area contributed by atoms with E-state index in [1.807, 2.05) is 13.8 Å². The van der Waals surface area contributed by atoms with Crippen molar-refractivity contribution >= 4 is 5.84 Å². The first kappa shape index (κ1) is 7.12. The highest BCUT2D eigenvalue weighted by molar-refractivity contribution is 5.86. The van der Waals surface area contributed by atoms with Crippen molar-refractivity contribution in [3.63, 3.8) is 0 Å². The summed E-state index contributed by atoms with van der Waals surface area (Å²) in [4.78, 5) is 3.87. The number of rotatable bonds is 1. The monoisotopic (exact) mass is 139 g/mol. The van der Waals surface area contributed by atoms with Crippen LogP contribution in [-0.4, -0.2) is 10.9 Å². The predicted octanol–water partition coefficient (Wildman–Crippen LogP) is 1.21. The molecule has 0 aliphatic carbocycles. The van der Waals surface area contributed by atoms with Crippen LogP contribution in [0.4, 0.5) is 0 Å². The van der Waals surface area contributed by atoms with Crippen molar-refractivity contribution < 1.29 is 5.11 Å².